The molecular weight excluding hydrogens is 338 g/mol. The molecule has 0 fully saturated rings. The van der Waals surface area contributed by atoms with E-state index in [2.05, 4.69) is 24.4 Å². The van der Waals surface area contributed by atoms with Gasteiger partial charge in [-0.05, 0) is 38.6 Å². The Morgan fingerprint density at radius 2 is 1.12 bits per heavy atom. The summed E-state index contributed by atoms with van der Waals surface area (Å²) in [6.45, 7) is 2.78. The van der Waals surface area contributed by atoms with Crippen LogP contribution in [0.1, 0.15) is 96.8 Å². The molecule has 0 unspecified atom stereocenters. The molecule has 0 aliphatic rings. The largest absolute Gasteiger partial charge is 0.343 e. The number of rotatable bonds is 18. The Kier molecular flexibility index (Phi) is 21.9. The van der Waals surface area contributed by atoms with Gasteiger partial charge in [-0.25, -0.2) is 0 Å². The van der Waals surface area contributed by atoms with Crippen molar-refractivity contribution in [2.45, 2.75) is 103 Å². The Bertz CT molecular complexity index is 281. The van der Waals surface area contributed by atoms with Gasteiger partial charge in [0.2, 0.25) is 0 Å². The van der Waals surface area contributed by atoms with E-state index in [4.69, 9.17) is 15.3 Å². The number of hydrogen-bond donors (Lipinski definition) is 4. The van der Waals surface area contributed by atoms with E-state index in [1.54, 1.807) is 0 Å². The van der Waals surface area contributed by atoms with Crippen molar-refractivity contribution in [1.29, 1.82) is 0 Å². The van der Waals surface area contributed by atoms with Crippen LogP contribution >= 0.6 is 12.4 Å². The zero-order valence-corrected chi connectivity index (χ0v) is 17.0. The molecule has 0 spiro atoms. The SMILES string of the molecule is CCCCCCCCC=CCCCCCCCCNCC(O)(O)O.Cl. The van der Waals surface area contributed by atoms with Crippen molar-refractivity contribution in [3.8, 4) is 0 Å². The lowest BCUT2D eigenvalue weighted by Gasteiger charge is -2.14. The van der Waals surface area contributed by atoms with E-state index in [1.807, 2.05) is 0 Å². The minimum atomic E-state index is -2.58. The minimum Gasteiger partial charge on any atom is -0.343 e. The van der Waals surface area contributed by atoms with Crippen LogP contribution in [0.3, 0.4) is 0 Å². The zero-order chi connectivity index (χ0) is 17.9. The maximum atomic E-state index is 8.70. The average molecular weight is 380 g/mol. The molecule has 0 amide bonds. The van der Waals surface area contributed by atoms with Gasteiger partial charge in [-0.1, -0.05) is 76.9 Å². The van der Waals surface area contributed by atoms with Crippen LogP contribution in [0.2, 0.25) is 0 Å². The number of nitrogens with one attached hydrogen (secondary N) is 1. The first-order valence-electron chi connectivity index (χ1n) is 10.1. The second-order valence-electron chi connectivity index (χ2n) is 6.89. The van der Waals surface area contributed by atoms with Crippen LogP contribution in [0.15, 0.2) is 12.2 Å². The molecular formula is C20H42ClNO3. The van der Waals surface area contributed by atoms with Gasteiger partial charge < -0.3 is 20.6 Å². The first kappa shape index (κ1) is 27.1. The molecule has 0 aliphatic heterocycles. The molecule has 25 heavy (non-hydrogen) atoms. The molecule has 0 radical (unpaired) electrons. The Morgan fingerprint density at radius 1 is 0.680 bits per heavy atom. The molecule has 0 saturated carbocycles. The van der Waals surface area contributed by atoms with Crippen LogP contribution in [0, 0.1) is 0 Å². The average Bonchev–Trinajstić information content (AvgIpc) is 2.52. The molecule has 0 aromatic rings. The summed E-state index contributed by atoms with van der Waals surface area (Å²) >= 11 is 0. The van der Waals surface area contributed by atoms with Gasteiger partial charge in [-0.2, -0.15) is 0 Å². The first-order chi connectivity index (χ1) is 11.6. The lowest BCUT2D eigenvalue weighted by atomic mass is 10.1. The summed E-state index contributed by atoms with van der Waals surface area (Å²) < 4.78 is 0. The fourth-order valence-corrected chi connectivity index (χ4v) is 2.75. The lowest BCUT2D eigenvalue weighted by Crippen LogP contribution is -2.40. The third kappa shape index (κ3) is 26.2. The molecule has 0 rings (SSSR count). The monoisotopic (exact) mass is 379 g/mol. The van der Waals surface area contributed by atoms with Crippen LogP contribution < -0.4 is 5.32 Å². The van der Waals surface area contributed by atoms with Gasteiger partial charge in [0.25, 0.3) is 5.97 Å². The smallest absolute Gasteiger partial charge is 0.288 e. The Balaban J connectivity index is 0. The summed E-state index contributed by atoms with van der Waals surface area (Å²) in [4.78, 5) is 0. The Morgan fingerprint density at radius 3 is 1.60 bits per heavy atom. The topological polar surface area (TPSA) is 72.7 Å². The van der Waals surface area contributed by atoms with Crippen molar-refractivity contribution in [3.05, 3.63) is 12.2 Å². The Labute approximate surface area is 161 Å². The molecule has 152 valence electrons. The molecule has 0 atom stereocenters. The highest BCUT2D eigenvalue weighted by Crippen LogP contribution is 2.09. The predicted molar refractivity (Wildman–Crippen MR) is 109 cm³/mol. The van der Waals surface area contributed by atoms with Gasteiger partial charge in [0.1, 0.15) is 0 Å². The van der Waals surface area contributed by atoms with Crippen LogP contribution in [-0.4, -0.2) is 34.4 Å². The van der Waals surface area contributed by atoms with E-state index in [-0.39, 0.29) is 19.0 Å². The summed E-state index contributed by atoms with van der Waals surface area (Å²) in [5.74, 6) is -2.58. The molecule has 0 saturated heterocycles. The van der Waals surface area contributed by atoms with Crippen LogP contribution in [0.5, 0.6) is 0 Å². The van der Waals surface area contributed by atoms with Crippen molar-refractivity contribution in [1.82, 2.24) is 5.32 Å². The second kappa shape index (κ2) is 20.2. The Hall–Kier alpha value is -0.130. The van der Waals surface area contributed by atoms with Gasteiger partial charge >= 0.3 is 0 Å². The van der Waals surface area contributed by atoms with E-state index in [1.165, 1.54) is 77.0 Å². The summed E-state index contributed by atoms with van der Waals surface area (Å²) in [5.41, 5.74) is 0. The number of halogens is 1. The van der Waals surface area contributed by atoms with Gasteiger partial charge in [-0.15, -0.1) is 12.4 Å². The quantitative estimate of drug-likeness (QED) is 0.159. The number of aliphatic hydroxyl groups is 3. The maximum absolute atomic E-state index is 8.70. The highest BCUT2D eigenvalue weighted by atomic mass is 35.5. The van der Waals surface area contributed by atoms with Gasteiger partial charge in [0, 0.05) is 0 Å². The fraction of sp³-hybridized carbons (Fsp3) is 0.900. The number of allylic oxidation sites excluding steroid dienone is 2. The highest BCUT2D eigenvalue weighted by Gasteiger charge is 2.16. The summed E-state index contributed by atoms with van der Waals surface area (Å²) in [7, 11) is 0. The van der Waals surface area contributed by atoms with E-state index >= 15 is 0 Å². The van der Waals surface area contributed by atoms with Gasteiger partial charge in [-0.3, -0.25) is 0 Å². The maximum Gasteiger partial charge on any atom is 0.288 e. The van der Waals surface area contributed by atoms with Crippen LogP contribution in [0.25, 0.3) is 0 Å². The minimum absolute atomic E-state index is 0. The van der Waals surface area contributed by atoms with Crippen LogP contribution in [0.4, 0.5) is 0 Å². The fourth-order valence-electron chi connectivity index (χ4n) is 2.75. The van der Waals surface area contributed by atoms with Crippen molar-refractivity contribution >= 4 is 12.4 Å². The van der Waals surface area contributed by atoms with Crippen molar-refractivity contribution in [2.24, 2.45) is 0 Å². The molecule has 0 bridgehead atoms. The van der Waals surface area contributed by atoms with Crippen LogP contribution in [-0.2, 0) is 0 Å². The van der Waals surface area contributed by atoms with Gasteiger partial charge in [0.05, 0.1) is 6.54 Å². The third-order valence-electron chi connectivity index (χ3n) is 4.23. The van der Waals surface area contributed by atoms with Crippen molar-refractivity contribution in [3.63, 3.8) is 0 Å². The zero-order valence-electron chi connectivity index (χ0n) is 16.2. The summed E-state index contributed by atoms with van der Waals surface area (Å²) in [5, 5.41) is 28.9. The molecule has 5 heteroatoms. The van der Waals surface area contributed by atoms with E-state index < -0.39 is 5.97 Å². The molecule has 0 aromatic heterocycles. The van der Waals surface area contributed by atoms with Crippen molar-refractivity contribution in [2.75, 3.05) is 13.1 Å². The van der Waals surface area contributed by atoms with E-state index in [0.29, 0.717) is 6.54 Å². The summed E-state index contributed by atoms with van der Waals surface area (Å²) in [6.07, 6.45) is 22.7. The lowest BCUT2D eigenvalue weighted by molar-refractivity contribution is -0.306. The molecule has 4 N–H and O–H groups in total. The number of hydrogen-bond acceptors (Lipinski definition) is 4. The summed E-state index contributed by atoms with van der Waals surface area (Å²) in [6, 6.07) is 0. The molecule has 0 heterocycles. The van der Waals surface area contributed by atoms with E-state index in [9.17, 15) is 0 Å². The molecule has 0 aromatic carbocycles. The molecule has 4 nitrogen and oxygen atoms in total. The van der Waals surface area contributed by atoms with E-state index in [0.717, 1.165) is 12.8 Å². The first-order valence-corrected chi connectivity index (χ1v) is 10.1. The predicted octanol–water partition coefficient (Wildman–Crippen LogP) is 4.67. The normalized spacial score (nSPS) is 11.8. The standard InChI is InChI=1S/C20H41NO3.ClH/c1-2-3-4-5-6-7-8-9-10-11-12-13-14-15-16-17-18-21-19-20(22,23)24;/h9-10,21-24H,2-8,11-19H2,1H3;1H. The van der Waals surface area contributed by atoms with Crippen molar-refractivity contribution < 1.29 is 15.3 Å². The van der Waals surface area contributed by atoms with Gasteiger partial charge in [0.15, 0.2) is 0 Å². The highest BCUT2D eigenvalue weighted by molar-refractivity contribution is 5.85. The third-order valence-corrected chi connectivity index (χ3v) is 4.23. The molecule has 0 aliphatic carbocycles. The number of unbranched alkanes of at least 4 members (excludes halogenated alkanes) is 12. The second-order valence-corrected chi connectivity index (χ2v) is 6.89.